The smallest absolute Gasteiger partial charge is 0.308 e. The van der Waals surface area contributed by atoms with Crippen molar-refractivity contribution >= 4 is 11.9 Å². The van der Waals surface area contributed by atoms with Gasteiger partial charge in [-0.25, -0.2) is 0 Å². The fraction of sp³-hybridized carbons (Fsp3) is 0.481. The monoisotopic (exact) mass is 458 g/mol. The van der Waals surface area contributed by atoms with Gasteiger partial charge in [0.25, 0.3) is 0 Å². The summed E-state index contributed by atoms with van der Waals surface area (Å²) in [7, 11) is 1.65. The van der Waals surface area contributed by atoms with Gasteiger partial charge in [-0.2, -0.15) is 0 Å². The molecular weight excluding hydrogens is 420 g/mol. The van der Waals surface area contributed by atoms with Crippen molar-refractivity contribution in [2.45, 2.75) is 68.2 Å². The van der Waals surface area contributed by atoms with Gasteiger partial charge in [-0.1, -0.05) is 31.6 Å². The van der Waals surface area contributed by atoms with E-state index in [0.29, 0.717) is 23.0 Å². The first-order valence-electron chi connectivity index (χ1n) is 11.2. The summed E-state index contributed by atoms with van der Waals surface area (Å²) in [6.45, 7) is 14.5. The van der Waals surface area contributed by atoms with Gasteiger partial charge in [0, 0.05) is 25.0 Å². The average Bonchev–Trinajstić information content (AvgIpc) is 2.72. The normalized spacial score (nSPS) is 12.1. The molecule has 1 aromatic carbocycles. The van der Waals surface area contributed by atoms with Crippen molar-refractivity contribution in [3.63, 3.8) is 0 Å². The maximum Gasteiger partial charge on any atom is 0.308 e. The predicted molar refractivity (Wildman–Crippen MR) is 130 cm³/mol. The maximum absolute atomic E-state index is 11.8. The molecule has 182 valence electrons. The van der Waals surface area contributed by atoms with Gasteiger partial charge in [0.05, 0.1) is 7.11 Å². The van der Waals surface area contributed by atoms with E-state index in [0.717, 1.165) is 35.3 Å². The molecule has 33 heavy (non-hydrogen) atoms. The Hall–Kier alpha value is -3.02. The van der Waals surface area contributed by atoms with Crippen LogP contribution in [0.2, 0.25) is 0 Å². The number of carbonyl (C=O) groups is 2. The number of allylic oxidation sites excluding steroid dienone is 2. The molecule has 0 spiro atoms. The van der Waals surface area contributed by atoms with E-state index < -0.39 is 11.9 Å². The van der Waals surface area contributed by atoms with Gasteiger partial charge in [0.1, 0.15) is 18.1 Å². The average molecular weight is 459 g/mol. The second kappa shape index (κ2) is 13.5. The molecule has 1 rings (SSSR count). The maximum atomic E-state index is 11.8. The highest BCUT2D eigenvalue weighted by Gasteiger charge is 2.20. The number of aryl methyl sites for hydroxylation is 1. The Morgan fingerprint density at radius 1 is 1.06 bits per heavy atom. The fourth-order valence-corrected chi connectivity index (χ4v) is 3.24. The molecule has 0 atom stereocenters. The predicted octanol–water partition coefficient (Wildman–Crippen LogP) is 6.22. The zero-order valence-electron chi connectivity index (χ0n) is 21.5. The minimum absolute atomic E-state index is 0.0306. The van der Waals surface area contributed by atoms with Crippen LogP contribution in [0, 0.1) is 12.8 Å². The van der Waals surface area contributed by atoms with Crippen LogP contribution in [-0.2, 0) is 25.5 Å². The summed E-state index contributed by atoms with van der Waals surface area (Å²) in [5.41, 5.74) is 3.48. The number of esters is 2. The van der Waals surface area contributed by atoms with Gasteiger partial charge in [0.15, 0.2) is 11.5 Å². The molecule has 0 aliphatic rings. The van der Waals surface area contributed by atoms with Crippen LogP contribution >= 0.6 is 0 Å². The van der Waals surface area contributed by atoms with E-state index in [1.165, 1.54) is 13.8 Å². The third-order valence-electron chi connectivity index (χ3n) is 4.77. The first-order chi connectivity index (χ1) is 15.5. The number of methoxy groups -OCH3 is 1. The Bertz CT molecular complexity index is 930. The highest BCUT2D eigenvalue weighted by atomic mass is 16.6. The van der Waals surface area contributed by atoms with Gasteiger partial charge >= 0.3 is 11.9 Å². The summed E-state index contributed by atoms with van der Waals surface area (Å²) in [6, 6.07) is 3.88. The van der Waals surface area contributed by atoms with E-state index in [2.05, 4.69) is 13.8 Å². The van der Waals surface area contributed by atoms with Crippen LogP contribution in [0.4, 0.5) is 0 Å². The van der Waals surface area contributed by atoms with E-state index in [4.69, 9.17) is 18.9 Å². The van der Waals surface area contributed by atoms with Crippen LogP contribution in [0.1, 0.15) is 66.0 Å². The number of hydrogen-bond donors (Lipinski definition) is 0. The van der Waals surface area contributed by atoms with E-state index in [1.54, 1.807) is 20.1 Å². The van der Waals surface area contributed by atoms with Crippen molar-refractivity contribution in [2.24, 2.45) is 5.92 Å². The lowest BCUT2D eigenvalue weighted by Crippen LogP contribution is -2.13. The molecule has 0 saturated heterocycles. The van der Waals surface area contributed by atoms with Crippen molar-refractivity contribution in [1.82, 2.24) is 0 Å². The Morgan fingerprint density at radius 3 is 2.21 bits per heavy atom. The van der Waals surface area contributed by atoms with Crippen LogP contribution in [0.15, 0.2) is 46.9 Å². The molecule has 0 aromatic heterocycles. The van der Waals surface area contributed by atoms with Crippen LogP contribution in [-0.4, -0.2) is 25.7 Å². The molecule has 6 nitrogen and oxygen atoms in total. The SMILES string of the molecule is C/C=C(OC(C)=O)\C(Oc1ccc(CCC(C)C)c(OC)c1C)=C(/C=C(C)C)COC(C)=O. The first kappa shape index (κ1) is 28.0. The van der Waals surface area contributed by atoms with E-state index in [9.17, 15) is 9.59 Å². The molecule has 0 aliphatic carbocycles. The van der Waals surface area contributed by atoms with E-state index in [-0.39, 0.29) is 12.4 Å². The summed E-state index contributed by atoms with van der Waals surface area (Å²) in [5, 5.41) is 0. The number of benzene rings is 1. The van der Waals surface area contributed by atoms with Crippen LogP contribution in [0.3, 0.4) is 0 Å². The first-order valence-corrected chi connectivity index (χ1v) is 11.2. The van der Waals surface area contributed by atoms with Gasteiger partial charge in [-0.3, -0.25) is 9.59 Å². The lowest BCUT2D eigenvalue weighted by atomic mass is 9.99. The molecule has 0 heterocycles. The van der Waals surface area contributed by atoms with Crippen LogP contribution in [0.5, 0.6) is 11.5 Å². The highest BCUT2D eigenvalue weighted by molar-refractivity contribution is 5.68. The number of carbonyl (C=O) groups excluding carboxylic acids is 2. The van der Waals surface area contributed by atoms with Crippen LogP contribution in [0.25, 0.3) is 0 Å². The number of hydrogen-bond acceptors (Lipinski definition) is 6. The second-order valence-electron chi connectivity index (χ2n) is 8.52. The molecule has 0 radical (unpaired) electrons. The Labute approximate surface area is 198 Å². The Morgan fingerprint density at radius 2 is 1.73 bits per heavy atom. The van der Waals surface area contributed by atoms with Gasteiger partial charge in [-0.15, -0.1) is 0 Å². The topological polar surface area (TPSA) is 71.1 Å². The van der Waals surface area contributed by atoms with Gasteiger partial charge in [0.2, 0.25) is 0 Å². The second-order valence-corrected chi connectivity index (χ2v) is 8.52. The van der Waals surface area contributed by atoms with Crippen LogP contribution < -0.4 is 9.47 Å². The van der Waals surface area contributed by atoms with E-state index >= 15 is 0 Å². The van der Waals surface area contributed by atoms with Gasteiger partial charge in [-0.05, 0) is 64.2 Å². The molecule has 0 aliphatic heterocycles. The molecule has 0 bridgehead atoms. The summed E-state index contributed by atoms with van der Waals surface area (Å²) in [5.74, 6) is 1.55. The zero-order chi connectivity index (χ0) is 25.1. The summed E-state index contributed by atoms with van der Waals surface area (Å²) in [6.07, 6.45) is 5.43. The Kier molecular flexibility index (Phi) is 11.5. The molecule has 0 amide bonds. The standard InChI is InChI=1S/C27H38O6/c1-10-24(32-21(8)29)27(23(15-18(4)5)16-31-20(7)28)33-25-14-13-22(12-11-17(2)3)26(30-9)19(25)6/h10,13-15,17H,11-12,16H2,1-9H3/b24-10+,27-23-. The lowest BCUT2D eigenvalue weighted by molar-refractivity contribution is -0.140. The van der Waals surface area contributed by atoms with Crippen molar-refractivity contribution in [1.29, 1.82) is 0 Å². The summed E-state index contributed by atoms with van der Waals surface area (Å²) >= 11 is 0. The third kappa shape index (κ3) is 9.16. The molecule has 0 unspecified atom stereocenters. The number of rotatable bonds is 11. The minimum Gasteiger partial charge on any atom is -0.496 e. The largest absolute Gasteiger partial charge is 0.496 e. The summed E-state index contributed by atoms with van der Waals surface area (Å²) in [4.78, 5) is 23.3. The van der Waals surface area contributed by atoms with Gasteiger partial charge < -0.3 is 18.9 Å². The lowest BCUT2D eigenvalue weighted by Gasteiger charge is -2.20. The molecule has 0 N–H and O–H groups in total. The third-order valence-corrected chi connectivity index (χ3v) is 4.77. The van der Waals surface area contributed by atoms with Crippen molar-refractivity contribution in [2.75, 3.05) is 13.7 Å². The van der Waals surface area contributed by atoms with Crippen molar-refractivity contribution in [3.05, 3.63) is 58.1 Å². The fourth-order valence-electron chi connectivity index (χ4n) is 3.24. The summed E-state index contributed by atoms with van der Waals surface area (Å²) < 4.78 is 22.7. The van der Waals surface area contributed by atoms with E-state index in [1.807, 2.05) is 39.0 Å². The molecule has 0 saturated carbocycles. The zero-order valence-corrected chi connectivity index (χ0v) is 21.5. The molecule has 6 heteroatoms. The Balaban J connectivity index is 3.62. The van der Waals surface area contributed by atoms with Crippen molar-refractivity contribution < 1.29 is 28.5 Å². The molecule has 1 aromatic rings. The highest BCUT2D eigenvalue weighted by Crippen LogP contribution is 2.35. The molecule has 0 fully saturated rings. The molecular formula is C27H38O6. The number of ether oxygens (including phenoxy) is 4. The quantitative estimate of drug-likeness (QED) is 0.223. The minimum atomic E-state index is -0.480. The van der Waals surface area contributed by atoms with Crippen molar-refractivity contribution in [3.8, 4) is 11.5 Å².